The molecule has 7 nitrogen and oxygen atoms in total. The standard InChI is InChI=1S/C14H17N3O4S/c1-19-12(18)9-22-14-16-15-13(11-5-3-7-21-11)17(14)8-10-4-2-6-20-10/h3,5,7,10H,2,4,6,8-9H2,1H3. The van der Waals surface area contributed by atoms with E-state index in [1.165, 1.54) is 18.9 Å². The first-order valence-electron chi connectivity index (χ1n) is 7.06. The topological polar surface area (TPSA) is 79.4 Å². The van der Waals surface area contributed by atoms with Crippen molar-refractivity contribution in [3.8, 4) is 11.6 Å². The first-order valence-corrected chi connectivity index (χ1v) is 8.05. The lowest BCUT2D eigenvalue weighted by molar-refractivity contribution is -0.137. The number of rotatable bonds is 6. The van der Waals surface area contributed by atoms with E-state index in [9.17, 15) is 4.79 Å². The van der Waals surface area contributed by atoms with Gasteiger partial charge < -0.3 is 13.9 Å². The van der Waals surface area contributed by atoms with Crippen molar-refractivity contribution in [2.75, 3.05) is 19.5 Å². The number of carbonyl (C=O) groups excluding carboxylic acids is 1. The van der Waals surface area contributed by atoms with E-state index in [1.54, 1.807) is 6.26 Å². The van der Waals surface area contributed by atoms with E-state index in [1.807, 2.05) is 16.7 Å². The average molecular weight is 323 g/mol. The van der Waals surface area contributed by atoms with Gasteiger partial charge in [0.15, 0.2) is 10.9 Å². The number of nitrogens with zero attached hydrogens (tertiary/aromatic N) is 3. The maximum Gasteiger partial charge on any atom is 0.316 e. The Morgan fingerprint density at radius 1 is 1.55 bits per heavy atom. The number of ether oxygens (including phenoxy) is 2. The number of hydrogen-bond acceptors (Lipinski definition) is 7. The number of methoxy groups -OCH3 is 1. The van der Waals surface area contributed by atoms with Crippen molar-refractivity contribution in [1.29, 1.82) is 0 Å². The van der Waals surface area contributed by atoms with E-state index in [0.717, 1.165) is 19.4 Å². The van der Waals surface area contributed by atoms with Gasteiger partial charge in [-0.25, -0.2) is 0 Å². The van der Waals surface area contributed by atoms with E-state index < -0.39 is 0 Å². The summed E-state index contributed by atoms with van der Waals surface area (Å²) >= 11 is 1.30. The van der Waals surface area contributed by atoms with Crippen LogP contribution in [0.2, 0.25) is 0 Å². The molecular weight excluding hydrogens is 306 g/mol. The van der Waals surface area contributed by atoms with Gasteiger partial charge in [-0.05, 0) is 25.0 Å². The maximum absolute atomic E-state index is 11.3. The fraction of sp³-hybridized carbons (Fsp3) is 0.500. The number of thioether (sulfide) groups is 1. The summed E-state index contributed by atoms with van der Waals surface area (Å²) in [6, 6.07) is 3.65. The van der Waals surface area contributed by atoms with Crippen molar-refractivity contribution in [2.24, 2.45) is 0 Å². The Balaban J connectivity index is 1.83. The fourth-order valence-corrected chi connectivity index (χ4v) is 3.10. The minimum absolute atomic E-state index is 0.141. The Morgan fingerprint density at radius 2 is 2.45 bits per heavy atom. The molecular formula is C14H17N3O4S. The summed E-state index contributed by atoms with van der Waals surface area (Å²) in [5.41, 5.74) is 0. The molecule has 8 heteroatoms. The summed E-state index contributed by atoms with van der Waals surface area (Å²) in [6.45, 7) is 1.43. The number of carbonyl (C=O) groups is 1. The lowest BCUT2D eigenvalue weighted by Crippen LogP contribution is -2.17. The summed E-state index contributed by atoms with van der Waals surface area (Å²) in [6.07, 6.45) is 3.81. The van der Waals surface area contributed by atoms with E-state index in [4.69, 9.17) is 9.15 Å². The molecule has 0 N–H and O–H groups in total. The van der Waals surface area contributed by atoms with Gasteiger partial charge in [-0.2, -0.15) is 0 Å². The molecule has 3 heterocycles. The number of esters is 1. The number of furan rings is 1. The molecule has 1 saturated heterocycles. The van der Waals surface area contributed by atoms with Crippen molar-refractivity contribution in [1.82, 2.24) is 14.8 Å². The number of aromatic nitrogens is 3. The highest BCUT2D eigenvalue weighted by Crippen LogP contribution is 2.26. The first kappa shape index (κ1) is 15.1. The largest absolute Gasteiger partial charge is 0.468 e. The molecule has 1 unspecified atom stereocenters. The maximum atomic E-state index is 11.3. The van der Waals surface area contributed by atoms with E-state index in [-0.39, 0.29) is 17.8 Å². The predicted octanol–water partition coefficient (Wildman–Crippen LogP) is 1.98. The SMILES string of the molecule is COC(=O)CSc1nnc(-c2ccco2)n1CC1CCCO1. The molecule has 1 fully saturated rings. The van der Waals surface area contributed by atoms with Gasteiger partial charge in [0.2, 0.25) is 5.82 Å². The second-order valence-electron chi connectivity index (χ2n) is 4.89. The highest BCUT2D eigenvalue weighted by Gasteiger charge is 2.23. The zero-order valence-corrected chi connectivity index (χ0v) is 13.0. The second-order valence-corrected chi connectivity index (χ2v) is 5.84. The van der Waals surface area contributed by atoms with Crippen LogP contribution >= 0.6 is 11.8 Å². The quantitative estimate of drug-likeness (QED) is 0.594. The molecule has 0 spiro atoms. The van der Waals surface area contributed by atoms with Gasteiger partial charge in [-0.15, -0.1) is 10.2 Å². The monoisotopic (exact) mass is 323 g/mol. The summed E-state index contributed by atoms with van der Waals surface area (Å²) in [7, 11) is 1.37. The minimum atomic E-state index is -0.295. The van der Waals surface area contributed by atoms with Crippen LogP contribution in [-0.2, 0) is 20.8 Å². The van der Waals surface area contributed by atoms with Crippen LogP contribution in [-0.4, -0.2) is 46.3 Å². The summed E-state index contributed by atoms with van der Waals surface area (Å²) < 4.78 is 17.7. The molecule has 2 aromatic rings. The summed E-state index contributed by atoms with van der Waals surface area (Å²) in [5, 5.41) is 9.03. The van der Waals surface area contributed by atoms with Crippen LogP contribution in [0.15, 0.2) is 28.0 Å². The molecule has 22 heavy (non-hydrogen) atoms. The highest BCUT2D eigenvalue weighted by atomic mass is 32.2. The van der Waals surface area contributed by atoms with Gasteiger partial charge in [-0.3, -0.25) is 9.36 Å². The van der Waals surface area contributed by atoms with Crippen molar-refractivity contribution in [3.05, 3.63) is 18.4 Å². The third-order valence-electron chi connectivity index (χ3n) is 3.42. The van der Waals surface area contributed by atoms with Crippen molar-refractivity contribution >= 4 is 17.7 Å². The van der Waals surface area contributed by atoms with Crippen LogP contribution in [0.25, 0.3) is 11.6 Å². The Kier molecular flexibility index (Phi) is 4.79. The van der Waals surface area contributed by atoms with Gasteiger partial charge in [0, 0.05) is 6.61 Å². The van der Waals surface area contributed by atoms with Gasteiger partial charge >= 0.3 is 5.97 Å². The highest BCUT2D eigenvalue weighted by molar-refractivity contribution is 7.99. The normalized spacial score (nSPS) is 17.8. The number of hydrogen-bond donors (Lipinski definition) is 0. The zero-order valence-electron chi connectivity index (χ0n) is 12.2. The minimum Gasteiger partial charge on any atom is -0.468 e. The Labute approximate surface area is 132 Å². The van der Waals surface area contributed by atoms with E-state index >= 15 is 0 Å². The summed E-state index contributed by atoms with van der Waals surface area (Å²) in [4.78, 5) is 11.3. The molecule has 0 saturated carbocycles. The lowest BCUT2D eigenvalue weighted by atomic mass is 10.2. The third-order valence-corrected chi connectivity index (χ3v) is 4.36. The Hall–Kier alpha value is -1.80. The van der Waals surface area contributed by atoms with Crippen LogP contribution in [0.4, 0.5) is 0 Å². The van der Waals surface area contributed by atoms with Gasteiger partial charge in [-0.1, -0.05) is 11.8 Å². The third kappa shape index (κ3) is 3.33. The molecule has 0 radical (unpaired) electrons. The van der Waals surface area contributed by atoms with Crippen LogP contribution in [0.5, 0.6) is 0 Å². The molecule has 1 aliphatic heterocycles. The fourth-order valence-electron chi connectivity index (χ4n) is 2.32. The van der Waals surface area contributed by atoms with Gasteiger partial charge in [0.05, 0.1) is 31.8 Å². The van der Waals surface area contributed by atoms with Crippen molar-refractivity contribution in [3.63, 3.8) is 0 Å². The van der Waals surface area contributed by atoms with Gasteiger partial charge in [0.25, 0.3) is 0 Å². The molecule has 118 valence electrons. The van der Waals surface area contributed by atoms with Crippen LogP contribution in [0.1, 0.15) is 12.8 Å². The summed E-state index contributed by atoms with van der Waals surface area (Å²) in [5.74, 6) is 1.19. The molecule has 0 amide bonds. The molecule has 1 aliphatic rings. The van der Waals surface area contributed by atoms with Crippen molar-refractivity contribution < 1.29 is 18.7 Å². The molecule has 0 bridgehead atoms. The van der Waals surface area contributed by atoms with Crippen LogP contribution in [0, 0.1) is 0 Å². The zero-order chi connectivity index (χ0) is 15.4. The second kappa shape index (κ2) is 6.97. The molecule has 1 atom stereocenters. The van der Waals surface area contributed by atoms with E-state index in [0.29, 0.717) is 23.3 Å². The van der Waals surface area contributed by atoms with Crippen molar-refractivity contribution in [2.45, 2.75) is 30.6 Å². The first-order chi connectivity index (χ1) is 10.8. The molecule has 0 aromatic carbocycles. The molecule has 3 rings (SSSR count). The molecule has 2 aromatic heterocycles. The average Bonchev–Trinajstić information content (AvgIpc) is 3.27. The molecule has 0 aliphatic carbocycles. The van der Waals surface area contributed by atoms with Crippen LogP contribution < -0.4 is 0 Å². The predicted molar refractivity (Wildman–Crippen MR) is 79.4 cm³/mol. The Bertz CT molecular complexity index is 620. The van der Waals surface area contributed by atoms with E-state index in [2.05, 4.69) is 14.9 Å². The Morgan fingerprint density at radius 3 is 3.14 bits per heavy atom. The lowest BCUT2D eigenvalue weighted by Gasteiger charge is -2.13. The smallest absolute Gasteiger partial charge is 0.316 e. The van der Waals surface area contributed by atoms with Gasteiger partial charge in [0.1, 0.15) is 0 Å². The van der Waals surface area contributed by atoms with Crippen LogP contribution in [0.3, 0.4) is 0 Å².